The molecule has 0 spiro atoms. The molecule has 0 bridgehead atoms. The van der Waals surface area contributed by atoms with Crippen LogP contribution in [-0.2, 0) is 9.53 Å². The summed E-state index contributed by atoms with van der Waals surface area (Å²) in [6.07, 6.45) is -0.489. The fraction of sp³-hybridized carbons (Fsp3) is 0.385. The predicted molar refractivity (Wildman–Crippen MR) is 70.0 cm³/mol. The van der Waals surface area contributed by atoms with Gasteiger partial charge in [0.1, 0.15) is 5.75 Å². The van der Waals surface area contributed by atoms with Gasteiger partial charge in [-0.05, 0) is 19.1 Å². The van der Waals surface area contributed by atoms with Gasteiger partial charge in [-0.2, -0.15) is 0 Å². The summed E-state index contributed by atoms with van der Waals surface area (Å²) in [6.45, 7) is 2.64. The van der Waals surface area contributed by atoms with Gasteiger partial charge in [0.25, 0.3) is 5.91 Å². The van der Waals surface area contributed by atoms with E-state index in [4.69, 9.17) is 4.74 Å². The van der Waals surface area contributed by atoms with Crippen molar-refractivity contribution in [2.75, 3.05) is 26.3 Å². The summed E-state index contributed by atoms with van der Waals surface area (Å²) in [5.74, 6) is 0.400. The summed E-state index contributed by atoms with van der Waals surface area (Å²) in [7, 11) is 0. The number of benzene rings is 1. The molecule has 0 radical (unpaired) electrons. The van der Waals surface area contributed by atoms with E-state index in [2.05, 4.69) is 15.4 Å². The maximum atomic E-state index is 11.4. The Bertz CT molecular complexity index is 395. The van der Waals surface area contributed by atoms with Crippen LogP contribution < -0.4 is 15.4 Å². The van der Waals surface area contributed by atoms with E-state index in [-0.39, 0.29) is 12.5 Å². The van der Waals surface area contributed by atoms with Gasteiger partial charge in [0, 0.05) is 13.1 Å². The summed E-state index contributed by atoms with van der Waals surface area (Å²) < 4.78 is 9.93. The summed E-state index contributed by atoms with van der Waals surface area (Å²) >= 11 is 0. The highest BCUT2D eigenvalue weighted by atomic mass is 16.5. The second-order valence-corrected chi connectivity index (χ2v) is 3.60. The van der Waals surface area contributed by atoms with Crippen molar-refractivity contribution >= 4 is 12.0 Å². The van der Waals surface area contributed by atoms with Gasteiger partial charge >= 0.3 is 6.09 Å². The summed E-state index contributed by atoms with van der Waals surface area (Å²) in [5.41, 5.74) is 0. The molecule has 0 saturated carbocycles. The number of rotatable bonds is 7. The number of carbonyl (C=O) groups is 2. The average molecular weight is 266 g/mol. The van der Waals surface area contributed by atoms with Crippen LogP contribution in [0.25, 0.3) is 0 Å². The van der Waals surface area contributed by atoms with E-state index < -0.39 is 6.09 Å². The van der Waals surface area contributed by atoms with Gasteiger partial charge in [-0.3, -0.25) is 4.79 Å². The highest BCUT2D eigenvalue weighted by Gasteiger charge is 2.03. The summed E-state index contributed by atoms with van der Waals surface area (Å²) in [6, 6.07) is 9.08. The Morgan fingerprint density at radius 1 is 1.11 bits per heavy atom. The molecule has 0 aromatic heterocycles. The lowest BCUT2D eigenvalue weighted by atomic mass is 10.3. The Balaban J connectivity index is 2.07. The number of carbonyl (C=O) groups excluding carboxylic acids is 2. The summed E-state index contributed by atoms with van der Waals surface area (Å²) in [4.78, 5) is 22.3. The Kier molecular flexibility index (Phi) is 6.86. The number of hydrogen-bond donors (Lipinski definition) is 2. The van der Waals surface area contributed by atoms with E-state index in [0.717, 1.165) is 0 Å². The first-order valence-corrected chi connectivity index (χ1v) is 6.07. The molecule has 2 N–H and O–H groups in total. The van der Waals surface area contributed by atoms with Crippen molar-refractivity contribution < 1.29 is 19.1 Å². The third-order valence-corrected chi connectivity index (χ3v) is 2.11. The first kappa shape index (κ1) is 14.8. The molecule has 0 aliphatic carbocycles. The molecule has 2 amide bonds. The molecule has 0 heterocycles. The lowest BCUT2D eigenvalue weighted by Crippen LogP contribution is -2.37. The van der Waals surface area contributed by atoms with Gasteiger partial charge in [-0.1, -0.05) is 18.2 Å². The van der Waals surface area contributed by atoms with Crippen molar-refractivity contribution in [3.05, 3.63) is 30.3 Å². The molecule has 1 aromatic rings. The van der Waals surface area contributed by atoms with Crippen LogP contribution >= 0.6 is 0 Å². The third kappa shape index (κ3) is 6.92. The van der Waals surface area contributed by atoms with Gasteiger partial charge in [-0.25, -0.2) is 4.79 Å². The van der Waals surface area contributed by atoms with E-state index in [0.29, 0.717) is 25.4 Å². The SMILES string of the molecule is CCOC(=O)NCCNC(=O)COc1ccccc1. The molecule has 6 heteroatoms. The quantitative estimate of drug-likeness (QED) is 0.720. The molecule has 1 aromatic carbocycles. The number of nitrogens with one attached hydrogen (secondary N) is 2. The van der Waals surface area contributed by atoms with Crippen LogP contribution in [0.5, 0.6) is 5.75 Å². The minimum Gasteiger partial charge on any atom is -0.484 e. The fourth-order valence-corrected chi connectivity index (χ4v) is 1.27. The Morgan fingerprint density at radius 3 is 2.47 bits per heavy atom. The zero-order chi connectivity index (χ0) is 13.9. The smallest absolute Gasteiger partial charge is 0.407 e. The molecule has 0 saturated heterocycles. The van der Waals surface area contributed by atoms with Crippen molar-refractivity contribution in [2.24, 2.45) is 0 Å². The van der Waals surface area contributed by atoms with Crippen molar-refractivity contribution in [3.63, 3.8) is 0 Å². The van der Waals surface area contributed by atoms with Crippen molar-refractivity contribution in [1.29, 1.82) is 0 Å². The average Bonchev–Trinajstić information content (AvgIpc) is 2.43. The lowest BCUT2D eigenvalue weighted by molar-refractivity contribution is -0.123. The number of hydrogen-bond acceptors (Lipinski definition) is 4. The molecule has 104 valence electrons. The zero-order valence-corrected chi connectivity index (χ0v) is 10.8. The predicted octanol–water partition coefficient (Wildman–Crippen LogP) is 0.928. The molecular weight excluding hydrogens is 248 g/mol. The van der Waals surface area contributed by atoms with Crippen molar-refractivity contribution in [2.45, 2.75) is 6.92 Å². The molecule has 0 aliphatic rings. The van der Waals surface area contributed by atoms with Crippen LogP contribution in [0.15, 0.2) is 30.3 Å². The number of ether oxygens (including phenoxy) is 2. The third-order valence-electron chi connectivity index (χ3n) is 2.11. The van der Waals surface area contributed by atoms with Gasteiger partial charge in [0.15, 0.2) is 6.61 Å². The lowest BCUT2D eigenvalue weighted by Gasteiger charge is -2.08. The van der Waals surface area contributed by atoms with Gasteiger partial charge in [0.2, 0.25) is 0 Å². The van der Waals surface area contributed by atoms with Crippen LogP contribution in [0.2, 0.25) is 0 Å². The number of alkyl carbamates (subject to hydrolysis) is 1. The van der Waals surface area contributed by atoms with Gasteiger partial charge in [0.05, 0.1) is 6.61 Å². The maximum Gasteiger partial charge on any atom is 0.407 e. The normalized spacial score (nSPS) is 9.53. The Labute approximate surface area is 112 Å². The molecule has 0 fully saturated rings. The summed E-state index contributed by atoms with van der Waals surface area (Å²) in [5, 5.41) is 5.11. The van der Waals surface area contributed by atoms with Crippen LogP contribution in [-0.4, -0.2) is 38.3 Å². The molecule has 0 aliphatic heterocycles. The molecule has 19 heavy (non-hydrogen) atoms. The van der Waals surface area contributed by atoms with E-state index >= 15 is 0 Å². The fourth-order valence-electron chi connectivity index (χ4n) is 1.27. The minimum atomic E-state index is -0.489. The van der Waals surface area contributed by atoms with Gasteiger partial charge < -0.3 is 20.1 Å². The zero-order valence-electron chi connectivity index (χ0n) is 10.8. The highest BCUT2D eigenvalue weighted by Crippen LogP contribution is 2.07. The second kappa shape index (κ2) is 8.79. The number of para-hydroxylation sites is 1. The highest BCUT2D eigenvalue weighted by molar-refractivity contribution is 5.77. The van der Waals surface area contributed by atoms with E-state index in [1.165, 1.54) is 0 Å². The van der Waals surface area contributed by atoms with E-state index in [9.17, 15) is 9.59 Å². The van der Waals surface area contributed by atoms with Crippen LogP contribution in [0.3, 0.4) is 0 Å². The molecule has 1 rings (SSSR count). The molecule has 6 nitrogen and oxygen atoms in total. The first-order chi connectivity index (χ1) is 9.22. The molecule has 0 unspecified atom stereocenters. The van der Waals surface area contributed by atoms with Crippen LogP contribution in [0, 0.1) is 0 Å². The Hall–Kier alpha value is -2.24. The second-order valence-electron chi connectivity index (χ2n) is 3.60. The Morgan fingerprint density at radius 2 is 1.79 bits per heavy atom. The molecule has 0 atom stereocenters. The maximum absolute atomic E-state index is 11.4. The monoisotopic (exact) mass is 266 g/mol. The van der Waals surface area contributed by atoms with Crippen molar-refractivity contribution in [3.8, 4) is 5.75 Å². The molecular formula is C13H18N2O4. The van der Waals surface area contributed by atoms with Crippen LogP contribution in [0.4, 0.5) is 4.79 Å². The first-order valence-electron chi connectivity index (χ1n) is 6.07. The van der Waals surface area contributed by atoms with E-state index in [1.54, 1.807) is 19.1 Å². The van der Waals surface area contributed by atoms with Crippen LogP contribution in [0.1, 0.15) is 6.92 Å². The van der Waals surface area contributed by atoms with Crippen molar-refractivity contribution in [1.82, 2.24) is 10.6 Å². The topological polar surface area (TPSA) is 76.7 Å². The largest absolute Gasteiger partial charge is 0.484 e. The standard InChI is InChI=1S/C13H18N2O4/c1-2-18-13(17)15-9-8-14-12(16)10-19-11-6-4-3-5-7-11/h3-7H,2,8-10H2,1H3,(H,14,16)(H,15,17). The minimum absolute atomic E-state index is 0.0522. The van der Waals surface area contributed by atoms with E-state index in [1.807, 2.05) is 18.2 Å². The number of amides is 2. The van der Waals surface area contributed by atoms with Gasteiger partial charge in [-0.15, -0.1) is 0 Å².